The van der Waals surface area contributed by atoms with E-state index in [1.54, 1.807) is 18.0 Å². The van der Waals surface area contributed by atoms with Gasteiger partial charge in [-0.3, -0.25) is 9.59 Å². The molecule has 2 aromatic rings. The number of hydrogen-bond donors (Lipinski definition) is 1. The lowest BCUT2D eigenvalue weighted by Crippen LogP contribution is -2.41. The Morgan fingerprint density at radius 3 is 2.75 bits per heavy atom. The highest BCUT2D eigenvalue weighted by Gasteiger charge is 2.30. The van der Waals surface area contributed by atoms with Crippen LogP contribution in [-0.2, 0) is 16.1 Å². The summed E-state index contributed by atoms with van der Waals surface area (Å²) in [6.45, 7) is 2.97. The largest absolute Gasteiger partial charge is 0.375 e. The van der Waals surface area contributed by atoms with E-state index in [4.69, 9.17) is 4.74 Å². The van der Waals surface area contributed by atoms with Crippen LogP contribution >= 0.6 is 0 Å². The van der Waals surface area contributed by atoms with Gasteiger partial charge >= 0.3 is 0 Å². The molecule has 1 atom stereocenters. The van der Waals surface area contributed by atoms with Gasteiger partial charge in [0.15, 0.2) is 5.82 Å². The normalized spacial score (nSPS) is 16.6. The fourth-order valence-corrected chi connectivity index (χ4v) is 3.45. The van der Waals surface area contributed by atoms with E-state index in [0.29, 0.717) is 30.2 Å². The van der Waals surface area contributed by atoms with Gasteiger partial charge in [-0.1, -0.05) is 30.3 Å². The Labute approximate surface area is 165 Å². The summed E-state index contributed by atoms with van der Waals surface area (Å²) in [6.07, 6.45) is 4.36. The summed E-state index contributed by atoms with van der Waals surface area (Å²) < 4.78 is 4.99. The molecule has 1 saturated heterocycles. The van der Waals surface area contributed by atoms with E-state index >= 15 is 0 Å². The lowest BCUT2D eigenvalue weighted by atomic mass is 10.0. The summed E-state index contributed by atoms with van der Waals surface area (Å²) in [6, 6.07) is 9.56. The number of likely N-dealkylation sites (tertiary alicyclic amines) is 1. The minimum atomic E-state index is -0.205. The van der Waals surface area contributed by atoms with Crippen molar-refractivity contribution >= 4 is 11.8 Å². The van der Waals surface area contributed by atoms with Crippen molar-refractivity contribution in [3.05, 3.63) is 59.2 Å². The first kappa shape index (κ1) is 19.9. The van der Waals surface area contributed by atoms with E-state index in [0.717, 1.165) is 24.8 Å². The number of rotatable bonds is 6. The zero-order valence-electron chi connectivity index (χ0n) is 16.4. The number of nitrogens with zero attached hydrogens (tertiary/aromatic N) is 3. The Kier molecular flexibility index (Phi) is 6.71. The first-order valence-corrected chi connectivity index (χ1v) is 9.54. The highest BCUT2D eigenvalue weighted by Crippen LogP contribution is 2.29. The maximum absolute atomic E-state index is 12.5. The predicted octanol–water partition coefficient (Wildman–Crippen LogP) is 2.42. The fourth-order valence-electron chi connectivity index (χ4n) is 3.45. The van der Waals surface area contributed by atoms with Crippen molar-refractivity contribution < 1.29 is 14.3 Å². The average molecular weight is 382 g/mol. The Balaban J connectivity index is 1.72. The van der Waals surface area contributed by atoms with Crippen LogP contribution in [0.1, 0.15) is 52.7 Å². The molecule has 0 saturated carbocycles. The van der Waals surface area contributed by atoms with Gasteiger partial charge < -0.3 is 15.0 Å². The topological polar surface area (TPSA) is 84.4 Å². The number of aromatic nitrogens is 2. The molecule has 0 radical (unpaired) electrons. The monoisotopic (exact) mass is 382 g/mol. The van der Waals surface area contributed by atoms with E-state index < -0.39 is 0 Å². The van der Waals surface area contributed by atoms with Crippen molar-refractivity contribution in [3.63, 3.8) is 0 Å². The Morgan fingerprint density at radius 2 is 2.04 bits per heavy atom. The molecule has 0 aliphatic carbocycles. The molecular formula is C21H26N4O3. The molecule has 1 N–H and O–H groups in total. The summed E-state index contributed by atoms with van der Waals surface area (Å²) in [5.74, 6) is 0.322. The second-order valence-corrected chi connectivity index (χ2v) is 6.93. The molecule has 28 heavy (non-hydrogen) atoms. The van der Waals surface area contributed by atoms with Gasteiger partial charge in [-0.25, -0.2) is 9.97 Å². The third-order valence-electron chi connectivity index (χ3n) is 4.93. The van der Waals surface area contributed by atoms with Gasteiger partial charge in [-0.15, -0.1) is 0 Å². The number of amides is 2. The number of carbonyl (C=O) groups excluding carboxylic acids is 2. The van der Waals surface area contributed by atoms with Crippen LogP contribution in [0.5, 0.6) is 0 Å². The first-order chi connectivity index (χ1) is 13.6. The van der Waals surface area contributed by atoms with E-state index in [-0.39, 0.29) is 24.5 Å². The van der Waals surface area contributed by atoms with Crippen molar-refractivity contribution in [2.45, 2.75) is 38.8 Å². The van der Waals surface area contributed by atoms with Crippen LogP contribution in [0.4, 0.5) is 0 Å². The van der Waals surface area contributed by atoms with E-state index in [9.17, 15) is 9.59 Å². The summed E-state index contributed by atoms with van der Waals surface area (Å²) in [5.41, 5.74) is 2.09. The van der Waals surface area contributed by atoms with Crippen LogP contribution in [0.2, 0.25) is 0 Å². The zero-order valence-corrected chi connectivity index (χ0v) is 16.4. The number of nitrogens with one attached hydrogen (secondary N) is 1. The van der Waals surface area contributed by atoms with Crippen molar-refractivity contribution in [1.29, 1.82) is 0 Å². The SMILES string of the molecule is COCC(=O)N1CCCCC1c1ncc(C(=O)NCc2ccccc2)c(C)n1. The third-order valence-corrected chi connectivity index (χ3v) is 4.93. The second-order valence-electron chi connectivity index (χ2n) is 6.93. The molecule has 1 fully saturated rings. The van der Waals surface area contributed by atoms with Gasteiger partial charge in [-0.05, 0) is 31.7 Å². The third kappa shape index (κ3) is 4.72. The van der Waals surface area contributed by atoms with Crippen LogP contribution < -0.4 is 5.32 Å². The van der Waals surface area contributed by atoms with Gasteiger partial charge in [0.2, 0.25) is 5.91 Å². The fraction of sp³-hybridized carbons (Fsp3) is 0.429. The van der Waals surface area contributed by atoms with Crippen LogP contribution in [0.3, 0.4) is 0 Å². The molecule has 1 unspecified atom stereocenters. The zero-order chi connectivity index (χ0) is 19.9. The number of benzene rings is 1. The predicted molar refractivity (Wildman–Crippen MR) is 105 cm³/mol. The highest BCUT2D eigenvalue weighted by atomic mass is 16.5. The summed E-state index contributed by atoms with van der Waals surface area (Å²) >= 11 is 0. The number of piperidine rings is 1. The molecule has 7 nitrogen and oxygen atoms in total. The molecule has 1 aromatic carbocycles. The van der Waals surface area contributed by atoms with Crippen molar-refractivity contribution in [3.8, 4) is 0 Å². The van der Waals surface area contributed by atoms with Crippen LogP contribution in [0, 0.1) is 6.92 Å². The number of carbonyl (C=O) groups is 2. The Bertz CT molecular complexity index is 826. The maximum atomic E-state index is 12.5. The van der Waals surface area contributed by atoms with E-state index in [1.165, 1.54) is 7.11 Å². The molecule has 7 heteroatoms. The van der Waals surface area contributed by atoms with Gasteiger partial charge in [0.1, 0.15) is 6.61 Å². The number of ether oxygens (including phenoxy) is 1. The van der Waals surface area contributed by atoms with E-state index in [2.05, 4.69) is 15.3 Å². The summed E-state index contributed by atoms with van der Waals surface area (Å²) in [5, 5.41) is 2.90. The number of methoxy groups -OCH3 is 1. The molecule has 3 rings (SSSR count). The molecular weight excluding hydrogens is 356 g/mol. The minimum Gasteiger partial charge on any atom is -0.375 e. The standard InChI is InChI=1S/C21H26N4O3/c1-15-17(21(27)23-12-16-8-4-3-5-9-16)13-22-20(24-15)18-10-6-7-11-25(18)19(26)14-28-2/h3-5,8-9,13,18H,6-7,10-12,14H2,1-2H3,(H,23,27). The summed E-state index contributed by atoms with van der Waals surface area (Å²) in [4.78, 5) is 35.6. The highest BCUT2D eigenvalue weighted by molar-refractivity contribution is 5.94. The van der Waals surface area contributed by atoms with E-state index in [1.807, 2.05) is 30.3 Å². The van der Waals surface area contributed by atoms with Crippen LogP contribution in [-0.4, -0.2) is 46.9 Å². The lowest BCUT2D eigenvalue weighted by molar-refractivity contribution is -0.139. The molecule has 2 heterocycles. The van der Waals surface area contributed by atoms with Crippen LogP contribution in [0.15, 0.2) is 36.5 Å². The maximum Gasteiger partial charge on any atom is 0.254 e. The average Bonchev–Trinajstić information content (AvgIpc) is 2.73. The first-order valence-electron chi connectivity index (χ1n) is 9.54. The Hall–Kier alpha value is -2.80. The molecule has 1 aliphatic rings. The molecule has 1 aromatic heterocycles. The molecule has 1 aliphatic heterocycles. The number of aryl methyl sites for hydroxylation is 1. The van der Waals surface area contributed by atoms with Gasteiger partial charge in [-0.2, -0.15) is 0 Å². The Morgan fingerprint density at radius 1 is 1.25 bits per heavy atom. The van der Waals surface area contributed by atoms with Gasteiger partial charge in [0, 0.05) is 26.4 Å². The molecule has 148 valence electrons. The lowest BCUT2D eigenvalue weighted by Gasteiger charge is -2.34. The van der Waals surface area contributed by atoms with Crippen molar-refractivity contribution in [2.75, 3.05) is 20.3 Å². The number of hydrogen-bond acceptors (Lipinski definition) is 5. The van der Waals surface area contributed by atoms with Crippen molar-refractivity contribution in [2.24, 2.45) is 0 Å². The molecule has 2 amide bonds. The molecule has 0 spiro atoms. The van der Waals surface area contributed by atoms with Crippen molar-refractivity contribution in [1.82, 2.24) is 20.2 Å². The quantitative estimate of drug-likeness (QED) is 0.829. The molecule has 0 bridgehead atoms. The minimum absolute atomic E-state index is 0.0510. The summed E-state index contributed by atoms with van der Waals surface area (Å²) in [7, 11) is 1.51. The van der Waals surface area contributed by atoms with Crippen LogP contribution in [0.25, 0.3) is 0 Å². The second kappa shape index (κ2) is 9.41. The van der Waals surface area contributed by atoms with Gasteiger partial charge in [0.25, 0.3) is 5.91 Å². The smallest absolute Gasteiger partial charge is 0.254 e. The van der Waals surface area contributed by atoms with Gasteiger partial charge in [0.05, 0.1) is 17.3 Å².